The third-order valence-corrected chi connectivity index (χ3v) is 1.15. The highest BCUT2D eigenvalue weighted by atomic mass is 79.9. The van der Waals surface area contributed by atoms with E-state index in [1.54, 1.807) is 0 Å². The summed E-state index contributed by atoms with van der Waals surface area (Å²) >= 11 is 3.23. The van der Waals surface area contributed by atoms with Crippen molar-refractivity contribution in [1.82, 2.24) is 0 Å². The van der Waals surface area contributed by atoms with Gasteiger partial charge in [0, 0.05) is 12.1 Å². The Hall–Kier alpha value is 0.110. The quantitative estimate of drug-likeness (QED) is 0.649. The SMILES string of the molecule is Br.Br[n+]1ccccc1. The molecule has 0 aliphatic rings. The first kappa shape index (κ1) is 8.11. The molecule has 0 aliphatic carbocycles. The van der Waals surface area contributed by atoms with Crippen molar-refractivity contribution in [3.63, 3.8) is 0 Å². The summed E-state index contributed by atoms with van der Waals surface area (Å²) in [6.07, 6.45) is 3.83. The van der Waals surface area contributed by atoms with Gasteiger partial charge in [-0.3, -0.25) is 0 Å². The molecule has 1 heterocycles. The molecule has 0 radical (unpaired) electrons. The van der Waals surface area contributed by atoms with Crippen molar-refractivity contribution in [2.75, 3.05) is 0 Å². The number of hydrogen-bond donors (Lipinski definition) is 0. The van der Waals surface area contributed by atoms with Gasteiger partial charge >= 0.3 is 16.1 Å². The predicted molar refractivity (Wildman–Crippen MR) is 41.3 cm³/mol. The Labute approximate surface area is 67.5 Å². The second-order valence-corrected chi connectivity index (χ2v) is 2.04. The van der Waals surface area contributed by atoms with Gasteiger partial charge in [0.2, 0.25) is 0 Å². The maximum atomic E-state index is 3.23. The van der Waals surface area contributed by atoms with E-state index in [9.17, 15) is 0 Å². The fourth-order valence-electron chi connectivity index (χ4n) is 0.378. The number of nitrogens with zero attached hydrogens (tertiary/aromatic N) is 1. The second-order valence-electron chi connectivity index (χ2n) is 1.22. The van der Waals surface area contributed by atoms with Gasteiger partial charge in [0.1, 0.15) is 0 Å². The molecule has 0 fully saturated rings. The first-order valence-electron chi connectivity index (χ1n) is 2.02. The Kier molecular flexibility index (Phi) is 4.09. The normalized spacial score (nSPS) is 7.62. The largest absolute Gasteiger partial charge is 0.331 e. The third-order valence-electron chi connectivity index (χ3n) is 0.679. The Balaban J connectivity index is 0.000000490. The minimum absolute atomic E-state index is 0. The minimum atomic E-state index is 0. The molecule has 0 saturated heterocycles. The highest BCUT2D eigenvalue weighted by molar-refractivity contribution is 9.04. The van der Waals surface area contributed by atoms with Crippen LogP contribution in [0.1, 0.15) is 0 Å². The Bertz CT molecular complexity index is 140. The zero-order chi connectivity index (χ0) is 5.11. The molecule has 1 nitrogen and oxygen atoms in total. The van der Waals surface area contributed by atoms with Gasteiger partial charge in [-0.1, -0.05) is 6.07 Å². The van der Waals surface area contributed by atoms with Crippen LogP contribution in [0, 0.1) is 0 Å². The van der Waals surface area contributed by atoms with E-state index in [0.29, 0.717) is 0 Å². The molecule has 0 N–H and O–H groups in total. The fourth-order valence-corrected chi connectivity index (χ4v) is 0.651. The lowest BCUT2D eigenvalue weighted by molar-refractivity contribution is -0.473. The molecule has 0 aromatic carbocycles. The molecule has 0 aliphatic heterocycles. The first-order valence-corrected chi connectivity index (χ1v) is 2.73. The van der Waals surface area contributed by atoms with Crippen molar-refractivity contribution >= 4 is 33.1 Å². The molecule has 44 valence electrons. The predicted octanol–water partition coefficient (Wildman–Crippen LogP) is 1.71. The Morgan fingerprint density at radius 1 is 1.00 bits per heavy atom. The van der Waals surface area contributed by atoms with E-state index in [1.807, 2.05) is 34.2 Å². The standard InChI is InChI=1S/C5H5BrN.BrH/c6-7-4-2-1-3-5-7;/h1-5H;1H/q+1;. The van der Waals surface area contributed by atoms with Crippen molar-refractivity contribution in [1.29, 1.82) is 0 Å². The molecule has 0 spiro atoms. The Morgan fingerprint density at radius 2 is 1.50 bits per heavy atom. The van der Waals surface area contributed by atoms with Crippen LogP contribution in [-0.4, -0.2) is 0 Å². The van der Waals surface area contributed by atoms with Gasteiger partial charge in [-0.25, -0.2) is 0 Å². The summed E-state index contributed by atoms with van der Waals surface area (Å²) in [5, 5.41) is 0. The van der Waals surface area contributed by atoms with E-state index in [0.717, 1.165) is 0 Å². The van der Waals surface area contributed by atoms with Gasteiger partial charge in [0.25, 0.3) is 0 Å². The van der Waals surface area contributed by atoms with Crippen molar-refractivity contribution in [2.24, 2.45) is 0 Å². The van der Waals surface area contributed by atoms with Gasteiger partial charge in [-0.15, -0.1) is 20.6 Å². The van der Waals surface area contributed by atoms with Crippen LogP contribution in [0.2, 0.25) is 0 Å². The van der Waals surface area contributed by atoms with Crippen molar-refractivity contribution in [3.05, 3.63) is 30.6 Å². The average Bonchev–Trinajstić information content (AvgIpc) is 1.69. The molecule has 1 aromatic rings. The molecular weight excluding hydrogens is 234 g/mol. The third kappa shape index (κ3) is 2.43. The molecule has 3 heteroatoms. The van der Waals surface area contributed by atoms with E-state index in [-0.39, 0.29) is 17.0 Å². The summed E-state index contributed by atoms with van der Waals surface area (Å²) in [7, 11) is 0. The minimum Gasteiger partial charge on any atom is -0.130 e. The molecule has 0 atom stereocenters. The van der Waals surface area contributed by atoms with Crippen molar-refractivity contribution in [2.45, 2.75) is 0 Å². The van der Waals surface area contributed by atoms with Crippen molar-refractivity contribution in [3.8, 4) is 0 Å². The van der Waals surface area contributed by atoms with Crippen LogP contribution in [-0.2, 0) is 0 Å². The molecule has 0 saturated carbocycles. The summed E-state index contributed by atoms with van der Waals surface area (Å²) in [6, 6.07) is 5.88. The van der Waals surface area contributed by atoms with Crippen LogP contribution in [0.5, 0.6) is 0 Å². The van der Waals surface area contributed by atoms with Gasteiger partial charge in [0.15, 0.2) is 12.4 Å². The molecule has 1 rings (SSSR count). The topological polar surface area (TPSA) is 3.88 Å². The van der Waals surface area contributed by atoms with Gasteiger partial charge < -0.3 is 0 Å². The van der Waals surface area contributed by atoms with E-state index in [1.165, 1.54) is 0 Å². The molecule has 8 heavy (non-hydrogen) atoms. The van der Waals surface area contributed by atoms with Crippen LogP contribution < -0.4 is 3.59 Å². The second kappa shape index (κ2) is 4.04. The lowest BCUT2D eigenvalue weighted by Crippen LogP contribution is -2.15. The molecule has 0 bridgehead atoms. The number of rotatable bonds is 0. The zero-order valence-corrected chi connectivity index (χ0v) is 7.42. The smallest absolute Gasteiger partial charge is 0.130 e. The molecule has 0 unspecified atom stereocenters. The number of pyridine rings is 1. The van der Waals surface area contributed by atoms with Crippen LogP contribution in [0.3, 0.4) is 0 Å². The molecular formula is C5H6Br2N+. The van der Waals surface area contributed by atoms with E-state index in [2.05, 4.69) is 16.1 Å². The summed E-state index contributed by atoms with van der Waals surface area (Å²) in [4.78, 5) is 0. The molecule has 1 aromatic heterocycles. The summed E-state index contributed by atoms with van der Waals surface area (Å²) in [6.45, 7) is 0. The van der Waals surface area contributed by atoms with Crippen LogP contribution in [0.15, 0.2) is 30.6 Å². The highest BCUT2D eigenvalue weighted by Crippen LogP contribution is 1.77. The zero-order valence-electron chi connectivity index (χ0n) is 4.12. The van der Waals surface area contributed by atoms with Crippen LogP contribution >= 0.6 is 33.1 Å². The molecule has 0 amide bonds. The summed E-state index contributed by atoms with van der Waals surface area (Å²) < 4.78 is 1.81. The van der Waals surface area contributed by atoms with E-state index in [4.69, 9.17) is 0 Å². The highest BCUT2D eigenvalue weighted by Gasteiger charge is 1.83. The lowest BCUT2D eigenvalue weighted by Gasteiger charge is -1.73. The monoisotopic (exact) mass is 238 g/mol. The van der Waals surface area contributed by atoms with Crippen LogP contribution in [0.25, 0.3) is 0 Å². The number of aromatic nitrogens is 1. The lowest BCUT2D eigenvalue weighted by atomic mass is 10.5. The first-order chi connectivity index (χ1) is 3.39. The van der Waals surface area contributed by atoms with Gasteiger partial charge in [-0.05, 0) is 0 Å². The van der Waals surface area contributed by atoms with Crippen molar-refractivity contribution < 1.29 is 3.59 Å². The van der Waals surface area contributed by atoms with Gasteiger partial charge in [-0.2, -0.15) is 0 Å². The van der Waals surface area contributed by atoms with E-state index >= 15 is 0 Å². The van der Waals surface area contributed by atoms with E-state index < -0.39 is 0 Å². The average molecular weight is 240 g/mol. The van der Waals surface area contributed by atoms with Crippen LogP contribution in [0.4, 0.5) is 0 Å². The number of hydrogen-bond acceptors (Lipinski definition) is 0. The summed E-state index contributed by atoms with van der Waals surface area (Å²) in [5.41, 5.74) is 0. The van der Waals surface area contributed by atoms with Gasteiger partial charge in [0.05, 0.1) is 0 Å². The maximum Gasteiger partial charge on any atom is 0.331 e. The maximum absolute atomic E-state index is 3.23. The number of halogens is 2. The summed E-state index contributed by atoms with van der Waals surface area (Å²) in [5.74, 6) is 0. The Morgan fingerprint density at radius 3 is 1.75 bits per heavy atom. The fraction of sp³-hybridized carbons (Fsp3) is 0.